The molecule has 1 aromatic carbocycles. The molecule has 0 atom stereocenters. The predicted molar refractivity (Wildman–Crippen MR) is 97.4 cm³/mol. The molecule has 8 heteroatoms. The largest absolute Gasteiger partial charge is 0.496 e. The Labute approximate surface area is 155 Å². The maximum absolute atomic E-state index is 12.3. The van der Waals surface area contributed by atoms with E-state index in [4.69, 9.17) is 18.9 Å². The summed E-state index contributed by atoms with van der Waals surface area (Å²) in [6.45, 7) is 0.108. The van der Waals surface area contributed by atoms with Crippen LogP contribution in [-0.4, -0.2) is 46.4 Å². The average molecular weight is 379 g/mol. The number of thiophene rings is 1. The monoisotopic (exact) mass is 379 g/mol. The number of amides is 1. The van der Waals surface area contributed by atoms with E-state index in [0.717, 1.165) is 6.42 Å². The highest BCUT2D eigenvalue weighted by atomic mass is 32.1. The lowest BCUT2D eigenvalue weighted by atomic mass is 10.1. The van der Waals surface area contributed by atoms with Gasteiger partial charge >= 0.3 is 5.97 Å². The van der Waals surface area contributed by atoms with Gasteiger partial charge in [-0.1, -0.05) is 6.07 Å². The Balaban J connectivity index is 1.91. The van der Waals surface area contributed by atoms with Crippen LogP contribution in [0.4, 0.5) is 0 Å². The maximum atomic E-state index is 12.3. The molecule has 0 aliphatic rings. The molecule has 26 heavy (non-hydrogen) atoms. The molecule has 7 nitrogen and oxygen atoms in total. The zero-order chi connectivity index (χ0) is 18.9. The van der Waals surface area contributed by atoms with E-state index < -0.39 is 5.97 Å². The molecule has 1 aromatic heterocycles. The molecule has 0 spiro atoms. The molecule has 0 aliphatic carbocycles. The number of rotatable bonds is 9. The topological polar surface area (TPSA) is 83.1 Å². The van der Waals surface area contributed by atoms with E-state index >= 15 is 0 Å². The number of hydrogen-bond acceptors (Lipinski definition) is 7. The van der Waals surface area contributed by atoms with E-state index in [0.29, 0.717) is 18.0 Å². The SMILES string of the molecule is COc1cc(OC)c(C(=O)OCC(=O)NCCc2cccs2)cc1OC. The number of hydrogen-bond donors (Lipinski definition) is 1. The minimum Gasteiger partial charge on any atom is -0.496 e. The molecule has 0 saturated carbocycles. The standard InChI is InChI=1S/C18H21NO6S/c1-22-14-10-16(24-3)15(23-2)9-13(14)18(21)25-11-17(20)19-7-6-12-5-4-8-26-12/h4-5,8-10H,6-7,11H2,1-3H3,(H,19,20). The van der Waals surface area contributed by atoms with Gasteiger partial charge < -0.3 is 24.3 Å². The molecule has 1 amide bonds. The number of benzene rings is 1. The van der Waals surface area contributed by atoms with Crippen LogP contribution < -0.4 is 19.5 Å². The van der Waals surface area contributed by atoms with Crippen molar-refractivity contribution in [1.82, 2.24) is 5.32 Å². The second-order valence-electron chi connectivity index (χ2n) is 5.16. The van der Waals surface area contributed by atoms with Crippen molar-refractivity contribution in [3.63, 3.8) is 0 Å². The van der Waals surface area contributed by atoms with Gasteiger partial charge in [-0.15, -0.1) is 11.3 Å². The number of carbonyl (C=O) groups excluding carboxylic acids is 2. The van der Waals surface area contributed by atoms with Gasteiger partial charge in [0, 0.05) is 23.6 Å². The van der Waals surface area contributed by atoms with Crippen LogP contribution in [0.2, 0.25) is 0 Å². The Morgan fingerprint density at radius 3 is 2.35 bits per heavy atom. The van der Waals surface area contributed by atoms with Crippen molar-refractivity contribution in [3.05, 3.63) is 40.1 Å². The lowest BCUT2D eigenvalue weighted by molar-refractivity contribution is -0.124. The third-order valence-electron chi connectivity index (χ3n) is 3.53. The first-order valence-corrected chi connectivity index (χ1v) is 8.73. The minimum absolute atomic E-state index is 0.150. The van der Waals surface area contributed by atoms with Crippen LogP contribution in [-0.2, 0) is 16.0 Å². The van der Waals surface area contributed by atoms with Gasteiger partial charge in [-0.2, -0.15) is 0 Å². The molecule has 0 bridgehead atoms. The summed E-state index contributed by atoms with van der Waals surface area (Å²) in [6, 6.07) is 6.94. The van der Waals surface area contributed by atoms with E-state index in [1.807, 2.05) is 17.5 Å². The van der Waals surface area contributed by atoms with Crippen molar-refractivity contribution >= 4 is 23.2 Å². The zero-order valence-electron chi connectivity index (χ0n) is 14.9. The summed E-state index contributed by atoms with van der Waals surface area (Å²) in [5.41, 5.74) is 0.150. The fraction of sp³-hybridized carbons (Fsp3) is 0.333. The molecular formula is C18H21NO6S. The lowest BCUT2D eigenvalue weighted by Gasteiger charge is -2.13. The van der Waals surface area contributed by atoms with E-state index in [-0.39, 0.29) is 23.8 Å². The number of methoxy groups -OCH3 is 3. The highest BCUT2D eigenvalue weighted by molar-refractivity contribution is 7.09. The van der Waals surface area contributed by atoms with Crippen LogP contribution in [0.1, 0.15) is 15.2 Å². The van der Waals surface area contributed by atoms with E-state index in [2.05, 4.69) is 5.32 Å². The quantitative estimate of drug-likeness (QED) is 0.673. The fourth-order valence-corrected chi connectivity index (χ4v) is 2.94. The summed E-state index contributed by atoms with van der Waals surface area (Å²) in [4.78, 5) is 25.3. The highest BCUT2D eigenvalue weighted by Crippen LogP contribution is 2.34. The molecule has 0 fully saturated rings. The van der Waals surface area contributed by atoms with Crippen LogP contribution in [0.25, 0.3) is 0 Å². The van der Waals surface area contributed by atoms with Gasteiger partial charge in [0.05, 0.1) is 21.3 Å². The second kappa shape index (κ2) is 9.67. The van der Waals surface area contributed by atoms with Crippen molar-refractivity contribution in [3.8, 4) is 17.2 Å². The Morgan fingerprint density at radius 1 is 1.04 bits per heavy atom. The molecular weight excluding hydrogens is 358 g/mol. The van der Waals surface area contributed by atoms with Crippen LogP contribution >= 0.6 is 11.3 Å². The molecule has 0 radical (unpaired) electrons. The van der Waals surface area contributed by atoms with Crippen molar-refractivity contribution < 1.29 is 28.5 Å². The van der Waals surface area contributed by atoms with Crippen LogP contribution in [0.3, 0.4) is 0 Å². The summed E-state index contributed by atoms with van der Waals surface area (Å²) in [5, 5.41) is 4.69. The lowest BCUT2D eigenvalue weighted by Crippen LogP contribution is -2.30. The summed E-state index contributed by atoms with van der Waals surface area (Å²) < 4.78 is 20.6. The van der Waals surface area contributed by atoms with Gasteiger partial charge in [0.15, 0.2) is 18.1 Å². The Bertz CT molecular complexity index is 744. The molecule has 0 saturated heterocycles. The van der Waals surface area contributed by atoms with Gasteiger partial charge in [0.1, 0.15) is 11.3 Å². The third-order valence-corrected chi connectivity index (χ3v) is 4.47. The first kappa shape index (κ1) is 19.6. The van der Waals surface area contributed by atoms with E-state index in [1.165, 1.54) is 38.3 Å². The van der Waals surface area contributed by atoms with Crippen LogP contribution in [0, 0.1) is 0 Å². The molecule has 140 valence electrons. The zero-order valence-corrected chi connectivity index (χ0v) is 15.7. The number of esters is 1. The van der Waals surface area contributed by atoms with E-state index in [9.17, 15) is 9.59 Å². The molecule has 2 rings (SSSR count). The second-order valence-corrected chi connectivity index (χ2v) is 6.20. The van der Waals surface area contributed by atoms with Crippen molar-refractivity contribution in [2.45, 2.75) is 6.42 Å². The molecule has 0 unspecified atom stereocenters. The van der Waals surface area contributed by atoms with Gasteiger partial charge in [-0.25, -0.2) is 4.79 Å². The maximum Gasteiger partial charge on any atom is 0.342 e. The smallest absolute Gasteiger partial charge is 0.342 e. The van der Waals surface area contributed by atoms with Crippen LogP contribution in [0.5, 0.6) is 17.2 Å². The Hall–Kier alpha value is -2.74. The van der Waals surface area contributed by atoms with Crippen molar-refractivity contribution in [2.75, 3.05) is 34.5 Å². The molecule has 1 N–H and O–H groups in total. The highest BCUT2D eigenvalue weighted by Gasteiger charge is 2.19. The third kappa shape index (κ3) is 5.13. The summed E-state index contributed by atoms with van der Waals surface area (Å²) in [7, 11) is 4.37. The predicted octanol–water partition coefficient (Wildman–Crippen LogP) is 2.29. The molecule has 2 aromatic rings. The van der Waals surface area contributed by atoms with Gasteiger partial charge in [0.2, 0.25) is 0 Å². The minimum atomic E-state index is -0.684. The van der Waals surface area contributed by atoms with Gasteiger partial charge in [0.25, 0.3) is 5.91 Å². The van der Waals surface area contributed by atoms with Crippen molar-refractivity contribution in [2.24, 2.45) is 0 Å². The van der Waals surface area contributed by atoms with Gasteiger partial charge in [-0.3, -0.25) is 4.79 Å². The van der Waals surface area contributed by atoms with E-state index in [1.54, 1.807) is 11.3 Å². The van der Waals surface area contributed by atoms with Crippen LogP contribution in [0.15, 0.2) is 29.6 Å². The van der Waals surface area contributed by atoms with Crippen molar-refractivity contribution in [1.29, 1.82) is 0 Å². The summed E-state index contributed by atoms with van der Waals surface area (Å²) >= 11 is 1.63. The first-order valence-electron chi connectivity index (χ1n) is 7.85. The Kier molecular flexibility index (Phi) is 7.28. The first-order chi connectivity index (χ1) is 12.6. The number of nitrogens with one attached hydrogen (secondary N) is 1. The number of carbonyl (C=O) groups is 2. The van der Waals surface area contributed by atoms with Gasteiger partial charge in [-0.05, 0) is 17.9 Å². The summed E-state index contributed by atoms with van der Waals surface area (Å²) in [5.74, 6) is 0.00387. The number of ether oxygens (including phenoxy) is 4. The average Bonchev–Trinajstić information content (AvgIpc) is 3.18. The normalized spacial score (nSPS) is 10.1. The molecule has 1 heterocycles. The summed E-state index contributed by atoms with van der Waals surface area (Å²) in [6.07, 6.45) is 0.737. The molecule has 0 aliphatic heterocycles. The Morgan fingerprint density at radius 2 is 1.73 bits per heavy atom. The fourth-order valence-electron chi connectivity index (χ4n) is 2.23.